The summed E-state index contributed by atoms with van der Waals surface area (Å²) in [6, 6.07) is 18.8. The molecule has 2 aromatic rings. The van der Waals surface area contributed by atoms with E-state index in [4.69, 9.17) is 0 Å². The molecule has 1 fully saturated rings. The number of rotatable bonds is 5. The van der Waals surface area contributed by atoms with E-state index in [9.17, 15) is 8.42 Å². The highest BCUT2D eigenvalue weighted by Gasteiger charge is 2.32. The molecule has 1 heterocycles. The number of nitrogens with one attached hydrogen (secondary N) is 1. The number of sulfonamides is 1. The normalized spacial score (nSPS) is 21.8. The first-order chi connectivity index (χ1) is 12.4. The van der Waals surface area contributed by atoms with Crippen LogP contribution < -0.4 is 4.72 Å². The van der Waals surface area contributed by atoms with Crippen LogP contribution in [0.4, 0.5) is 0 Å². The molecule has 3 rings (SSSR count). The second-order valence-corrected chi connectivity index (χ2v) is 9.73. The van der Waals surface area contributed by atoms with Crippen molar-refractivity contribution in [1.82, 2.24) is 9.62 Å². The first-order valence-corrected chi connectivity index (χ1v) is 10.8. The Labute approximate surface area is 157 Å². The van der Waals surface area contributed by atoms with E-state index in [1.807, 2.05) is 18.2 Å². The fraction of sp³-hybridized carbons (Fsp3) is 0.429. The largest absolute Gasteiger partial charge is 0.306 e. The van der Waals surface area contributed by atoms with Crippen LogP contribution >= 0.6 is 0 Å². The van der Waals surface area contributed by atoms with Gasteiger partial charge in [-0.1, -0.05) is 54.6 Å². The second-order valence-electron chi connectivity index (χ2n) is 7.46. The van der Waals surface area contributed by atoms with E-state index in [0.29, 0.717) is 0 Å². The Balaban J connectivity index is 1.84. The minimum Gasteiger partial charge on any atom is -0.306 e. The maximum Gasteiger partial charge on any atom is 0.214 e. The molecule has 1 saturated heterocycles. The molecule has 5 heteroatoms. The van der Waals surface area contributed by atoms with Gasteiger partial charge in [-0.15, -0.1) is 0 Å². The number of likely N-dealkylation sites (tertiary alicyclic amines) is 1. The minimum atomic E-state index is -3.28. The van der Waals surface area contributed by atoms with Crippen molar-refractivity contribution in [2.24, 2.45) is 0 Å². The number of hydrogen-bond donors (Lipinski definition) is 1. The van der Waals surface area contributed by atoms with Gasteiger partial charge in [0, 0.05) is 18.5 Å². The molecule has 1 aliphatic rings. The molecule has 1 N–H and O–H groups in total. The lowest BCUT2D eigenvalue weighted by Crippen LogP contribution is -2.50. The Morgan fingerprint density at radius 3 is 2.23 bits per heavy atom. The summed E-state index contributed by atoms with van der Waals surface area (Å²) in [7, 11) is -1.18. The average molecular weight is 373 g/mol. The van der Waals surface area contributed by atoms with E-state index < -0.39 is 15.3 Å². The molecule has 0 radical (unpaired) electrons. The summed E-state index contributed by atoms with van der Waals surface area (Å²) in [6.45, 7) is 5.21. The number of hydrogen-bond acceptors (Lipinski definition) is 3. The third-order valence-electron chi connectivity index (χ3n) is 5.20. The predicted octanol–water partition coefficient (Wildman–Crippen LogP) is 3.47. The van der Waals surface area contributed by atoms with Gasteiger partial charge >= 0.3 is 0 Å². The van der Waals surface area contributed by atoms with Crippen molar-refractivity contribution in [2.45, 2.75) is 37.5 Å². The fourth-order valence-corrected chi connectivity index (χ4v) is 4.47. The van der Waals surface area contributed by atoms with Crippen LogP contribution in [0.3, 0.4) is 0 Å². The average Bonchev–Trinajstić information content (AvgIpc) is 2.64. The standard InChI is InChI=1S/C21H28N2O2S/c1-16(2)26(24,25)22-21-13-14-23(3)15-20(21)19-11-9-18(10-12-19)17-7-5-4-6-8-17/h4-12,16,20-22H,13-15H2,1-3H3/t20-,21+/m1/s1. The Morgan fingerprint density at radius 1 is 1.00 bits per heavy atom. The predicted molar refractivity (Wildman–Crippen MR) is 108 cm³/mol. The zero-order valence-electron chi connectivity index (χ0n) is 15.7. The minimum absolute atomic E-state index is 0.0545. The summed E-state index contributed by atoms with van der Waals surface area (Å²) in [6.07, 6.45) is 0.827. The lowest BCUT2D eigenvalue weighted by Gasteiger charge is -2.37. The lowest BCUT2D eigenvalue weighted by atomic mass is 9.86. The SMILES string of the molecule is CC(C)S(=O)(=O)N[C@H]1CCN(C)C[C@@H]1c1ccc(-c2ccccc2)cc1. The molecule has 2 atom stereocenters. The zero-order chi connectivity index (χ0) is 18.7. The van der Waals surface area contributed by atoms with Crippen LogP contribution in [0.2, 0.25) is 0 Å². The first kappa shape index (κ1) is 19.1. The molecule has 0 bridgehead atoms. The van der Waals surface area contributed by atoms with Gasteiger partial charge in [-0.25, -0.2) is 13.1 Å². The van der Waals surface area contributed by atoms with Gasteiger partial charge in [0.25, 0.3) is 0 Å². The van der Waals surface area contributed by atoms with Gasteiger partial charge in [0.15, 0.2) is 0 Å². The quantitative estimate of drug-likeness (QED) is 0.874. The summed E-state index contributed by atoms with van der Waals surface area (Å²) in [5.74, 6) is 0.159. The topological polar surface area (TPSA) is 49.4 Å². The highest BCUT2D eigenvalue weighted by molar-refractivity contribution is 7.90. The number of likely N-dealkylation sites (N-methyl/N-ethyl adjacent to an activating group) is 1. The third-order valence-corrected chi connectivity index (χ3v) is 7.07. The van der Waals surface area contributed by atoms with E-state index in [-0.39, 0.29) is 12.0 Å². The smallest absolute Gasteiger partial charge is 0.214 e. The zero-order valence-corrected chi connectivity index (χ0v) is 16.5. The fourth-order valence-electron chi connectivity index (χ4n) is 3.49. The van der Waals surface area contributed by atoms with Gasteiger partial charge < -0.3 is 4.90 Å². The summed E-state index contributed by atoms with van der Waals surface area (Å²) >= 11 is 0. The van der Waals surface area contributed by atoms with Crippen LogP contribution in [0.25, 0.3) is 11.1 Å². The van der Waals surface area contributed by atoms with Gasteiger partial charge in [-0.05, 0) is 50.6 Å². The number of benzene rings is 2. The second kappa shape index (κ2) is 7.91. The van der Waals surface area contributed by atoms with Gasteiger partial charge in [0.1, 0.15) is 0 Å². The molecule has 140 valence electrons. The molecular formula is C21H28N2O2S. The molecule has 0 spiro atoms. The van der Waals surface area contributed by atoms with Crippen LogP contribution in [0.1, 0.15) is 31.7 Å². The lowest BCUT2D eigenvalue weighted by molar-refractivity contribution is 0.219. The Hall–Kier alpha value is -1.69. The summed E-state index contributed by atoms with van der Waals surface area (Å²) < 4.78 is 27.7. The molecular weight excluding hydrogens is 344 g/mol. The number of piperidine rings is 1. The Morgan fingerprint density at radius 2 is 1.62 bits per heavy atom. The van der Waals surface area contributed by atoms with E-state index in [1.54, 1.807) is 13.8 Å². The van der Waals surface area contributed by atoms with E-state index in [2.05, 4.69) is 53.1 Å². The van der Waals surface area contributed by atoms with Crippen molar-refractivity contribution in [3.63, 3.8) is 0 Å². The van der Waals surface area contributed by atoms with Crippen LogP contribution in [0.5, 0.6) is 0 Å². The summed E-state index contributed by atoms with van der Waals surface area (Å²) in [5, 5.41) is -0.414. The highest BCUT2D eigenvalue weighted by Crippen LogP contribution is 2.29. The van der Waals surface area contributed by atoms with Crippen LogP contribution in [0, 0.1) is 0 Å². The van der Waals surface area contributed by atoms with Crippen molar-refractivity contribution >= 4 is 10.0 Å². The van der Waals surface area contributed by atoms with Crippen LogP contribution in [-0.4, -0.2) is 44.7 Å². The summed E-state index contributed by atoms with van der Waals surface area (Å²) in [4.78, 5) is 2.27. The molecule has 2 aromatic carbocycles. The molecule has 0 saturated carbocycles. The molecule has 0 aromatic heterocycles. The summed E-state index contributed by atoms with van der Waals surface area (Å²) in [5.41, 5.74) is 3.56. The molecule has 0 amide bonds. The van der Waals surface area contributed by atoms with Gasteiger partial charge in [-0.3, -0.25) is 0 Å². The van der Waals surface area contributed by atoms with E-state index in [1.165, 1.54) is 16.7 Å². The molecule has 1 aliphatic heterocycles. The maximum atomic E-state index is 12.4. The molecule has 26 heavy (non-hydrogen) atoms. The van der Waals surface area contributed by atoms with Gasteiger partial charge in [0.2, 0.25) is 10.0 Å². The van der Waals surface area contributed by atoms with E-state index >= 15 is 0 Å². The molecule has 0 aliphatic carbocycles. The molecule has 0 unspecified atom stereocenters. The highest BCUT2D eigenvalue weighted by atomic mass is 32.2. The van der Waals surface area contributed by atoms with Crippen molar-refractivity contribution in [3.8, 4) is 11.1 Å². The van der Waals surface area contributed by atoms with Crippen molar-refractivity contribution < 1.29 is 8.42 Å². The van der Waals surface area contributed by atoms with Crippen LogP contribution in [0.15, 0.2) is 54.6 Å². The first-order valence-electron chi connectivity index (χ1n) is 9.22. The third kappa shape index (κ3) is 4.34. The van der Waals surface area contributed by atoms with Crippen molar-refractivity contribution in [2.75, 3.05) is 20.1 Å². The van der Waals surface area contributed by atoms with Crippen LogP contribution in [-0.2, 0) is 10.0 Å². The van der Waals surface area contributed by atoms with Gasteiger partial charge in [-0.2, -0.15) is 0 Å². The molecule has 4 nitrogen and oxygen atoms in total. The Kier molecular flexibility index (Phi) is 5.80. The number of nitrogens with zero attached hydrogens (tertiary/aromatic N) is 1. The van der Waals surface area contributed by atoms with Gasteiger partial charge in [0.05, 0.1) is 5.25 Å². The van der Waals surface area contributed by atoms with Crippen molar-refractivity contribution in [1.29, 1.82) is 0 Å². The Bertz CT molecular complexity index is 817. The van der Waals surface area contributed by atoms with Crippen molar-refractivity contribution in [3.05, 3.63) is 60.2 Å². The maximum absolute atomic E-state index is 12.4. The monoisotopic (exact) mass is 372 g/mol. The van der Waals surface area contributed by atoms with E-state index in [0.717, 1.165) is 19.5 Å².